The second-order valence-electron chi connectivity index (χ2n) is 4.50. The molecule has 2 rings (SSSR count). The third-order valence-electron chi connectivity index (χ3n) is 3.65. The summed E-state index contributed by atoms with van der Waals surface area (Å²) in [6, 6.07) is -0.120. The van der Waals surface area contributed by atoms with E-state index in [1.165, 1.54) is 4.90 Å². The molecule has 1 aliphatic carbocycles. The third-order valence-corrected chi connectivity index (χ3v) is 3.65. The summed E-state index contributed by atoms with van der Waals surface area (Å²) in [4.78, 5) is 25.7. The normalized spacial score (nSPS) is 30.8. The summed E-state index contributed by atoms with van der Waals surface area (Å²) in [5.74, 6) is -0.287. The number of carbonyl (C=O) groups excluding carboxylic acids is 2. The highest BCUT2D eigenvalue weighted by molar-refractivity contribution is 6.05. The Hall–Kier alpha value is -1.16. The number of imide groups is 1. The lowest BCUT2D eigenvalue weighted by molar-refractivity contribution is -0.142. The van der Waals surface area contributed by atoms with Gasteiger partial charge in [-0.3, -0.25) is 14.5 Å². The number of carbonyl (C=O) groups is 2. The van der Waals surface area contributed by atoms with Gasteiger partial charge in [0.25, 0.3) is 0 Å². The molecule has 0 saturated carbocycles. The van der Waals surface area contributed by atoms with Gasteiger partial charge < -0.3 is 5.73 Å². The van der Waals surface area contributed by atoms with Gasteiger partial charge in [0.05, 0.1) is 17.9 Å². The number of allylic oxidation sites excluding steroid dienone is 2. The molecule has 0 bridgehead atoms. The van der Waals surface area contributed by atoms with Crippen LogP contribution in [0, 0.1) is 11.8 Å². The molecule has 3 atom stereocenters. The molecule has 3 unspecified atom stereocenters. The zero-order chi connectivity index (χ0) is 11.7. The number of nitrogens with two attached hydrogens (primary N) is 1. The Bertz CT molecular complexity index is 308. The molecular formula is C12H18N2O2. The van der Waals surface area contributed by atoms with Crippen LogP contribution in [-0.2, 0) is 9.59 Å². The first-order valence-electron chi connectivity index (χ1n) is 5.92. The van der Waals surface area contributed by atoms with Gasteiger partial charge in [-0.15, -0.1) is 0 Å². The average molecular weight is 222 g/mol. The SMILES string of the molecule is CCC(CN)N1C(=O)C2CC=CCC2C1=O. The third kappa shape index (κ3) is 1.57. The molecule has 2 aliphatic rings. The monoisotopic (exact) mass is 222 g/mol. The van der Waals surface area contributed by atoms with Crippen molar-refractivity contribution in [1.82, 2.24) is 4.90 Å². The minimum Gasteiger partial charge on any atom is -0.328 e. The number of rotatable bonds is 3. The predicted molar refractivity (Wildman–Crippen MR) is 60.3 cm³/mol. The molecule has 16 heavy (non-hydrogen) atoms. The van der Waals surface area contributed by atoms with E-state index in [1.807, 2.05) is 19.1 Å². The number of amides is 2. The van der Waals surface area contributed by atoms with Crippen molar-refractivity contribution in [1.29, 1.82) is 0 Å². The predicted octanol–water partition coefficient (Wildman–Crippen LogP) is 0.675. The van der Waals surface area contributed by atoms with E-state index < -0.39 is 0 Å². The lowest BCUT2D eigenvalue weighted by Gasteiger charge is -2.24. The van der Waals surface area contributed by atoms with Crippen molar-refractivity contribution in [2.75, 3.05) is 6.54 Å². The van der Waals surface area contributed by atoms with E-state index in [0.29, 0.717) is 19.4 Å². The van der Waals surface area contributed by atoms with Gasteiger partial charge in [-0.25, -0.2) is 0 Å². The van der Waals surface area contributed by atoms with Gasteiger partial charge in [0.15, 0.2) is 0 Å². The highest BCUT2D eigenvalue weighted by Gasteiger charge is 2.48. The van der Waals surface area contributed by atoms with E-state index in [2.05, 4.69) is 0 Å². The number of hydrogen-bond acceptors (Lipinski definition) is 3. The Balaban J connectivity index is 2.23. The molecule has 4 nitrogen and oxygen atoms in total. The maximum Gasteiger partial charge on any atom is 0.233 e. The van der Waals surface area contributed by atoms with Gasteiger partial charge in [0.1, 0.15) is 0 Å². The first-order valence-corrected chi connectivity index (χ1v) is 5.92. The summed E-state index contributed by atoms with van der Waals surface area (Å²) in [5, 5.41) is 0. The van der Waals surface area contributed by atoms with Crippen molar-refractivity contribution in [2.24, 2.45) is 17.6 Å². The number of hydrogen-bond donors (Lipinski definition) is 1. The molecule has 2 N–H and O–H groups in total. The Kier molecular flexibility index (Phi) is 3.10. The molecule has 0 spiro atoms. The maximum atomic E-state index is 12.1. The van der Waals surface area contributed by atoms with Crippen molar-refractivity contribution in [2.45, 2.75) is 32.2 Å². The molecule has 1 heterocycles. The summed E-state index contributed by atoms with van der Waals surface area (Å²) < 4.78 is 0. The largest absolute Gasteiger partial charge is 0.328 e. The van der Waals surface area contributed by atoms with Crippen LogP contribution in [0.4, 0.5) is 0 Å². The van der Waals surface area contributed by atoms with Crippen LogP contribution in [0.25, 0.3) is 0 Å². The van der Waals surface area contributed by atoms with E-state index in [0.717, 1.165) is 6.42 Å². The average Bonchev–Trinajstić information content (AvgIpc) is 2.57. The molecule has 0 radical (unpaired) electrons. The van der Waals surface area contributed by atoms with E-state index in [4.69, 9.17) is 5.73 Å². The molecule has 0 aromatic rings. The summed E-state index contributed by atoms with van der Waals surface area (Å²) in [7, 11) is 0. The van der Waals surface area contributed by atoms with Crippen LogP contribution < -0.4 is 5.73 Å². The molecule has 4 heteroatoms. The molecule has 1 aliphatic heterocycles. The van der Waals surface area contributed by atoms with Gasteiger partial charge in [-0.2, -0.15) is 0 Å². The first-order chi connectivity index (χ1) is 7.70. The standard InChI is InChI=1S/C12H18N2O2/c1-2-8(7-13)14-11(15)9-5-3-4-6-10(9)12(14)16/h3-4,8-10H,2,5-7,13H2,1H3. The molecule has 2 amide bonds. The smallest absolute Gasteiger partial charge is 0.233 e. The van der Waals surface area contributed by atoms with Gasteiger partial charge in [0, 0.05) is 6.54 Å². The zero-order valence-corrected chi connectivity index (χ0v) is 9.56. The summed E-state index contributed by atoms with van der Waals surface area (Å²) >= 11 is 0. The van der Waals surface area contributed by atoms with Crippen molar-refractivity contribution in [3.8, 4) is 0 Å². The Labute approximate surface area is 95.5 Å². The van der Waals surface area contributed by atoms with Crippen molar-refractivity contribution in [3.63, 3.8) is 0 Å². The quantitative estimate of drug-likeness (QED) is 0.564. The van der Waals surface area contributed by atoms with Crippen molar-refractivity contribution < 1.29 is 9.59 Å². The molecule has 88 valence electrons. The van der Waals surface area contributed by atoms with Crippen molar-refractivity contribution in [3.05, 3.63) is 12.2 Å². The minimum atomic E-state index is -0.127. The molecule has 1 fully saturated rings. The van der Waals surface area contributed by atoms with E-state index in [-0.39, 0.29) is 29.7 Å². The molecule has 0 aromatic carbocycles. The topological polar surface area (TPSA) is 63.4 Å². The fraction of sp³-hybridized carbons (Fsp3) is 0.667. The van der Waals surface area contributed by atoms with E-state index >= 15 is 0 Å². The fourth-order valence-corrected chi connectivity index (χ4v) is 2.64. The van der Waals surface area contributed by atoms with Gasteiger partial charge >= 0.3 is 0 Å². The van der Waals surface area contributed by atoms with Crippen LogP contribution in [-0.4, -0.2) is 29.3 Å². The van der Waals surface area contributed by atoms with Crippen LogP contribution in [0.5, 0.6) is 0 Å². The number of nitrogens with zero attached hydrogens (tertiary/aromatic N) is 1. The van der Waals surface area contributed by atoms with Crippen LogP contribution in [0.15, 0.2) is 12.2 Å². The van der Waals surface area contributed by atoms with E-state index in [9.17, 15) is 9.59 Å². The minimum absolute atomic E-state index is 0.0170. The Morgan fingerprint density at radius 2 is 1.81 bits per heavy atom. The second kappa shape index (κ2) is 4.37. The summed E-state index contributed by atoms with van der Waals surface area (Å²) in [5.41, 5.74) is 5.62. The number of fused-ring (bicyclic) bond motifs is 1. The molecular weight excluding hydrogens is 204 g/mol. The second-order valence-corrected chi connectivity index (χ2v) is 4.50. The van der Waals surface area contributed by atoms with Gasteiger partial charge in [-0.05, 0) is 19.3 Å². The number of likely N-dealkylation sites (tertiary alicyclic amines) is 1. The lowest BCUT2D eigenvalue weighted by Crippen LogP contribution is -2.44. The highest BCUT2D eigenvalue weighted by Crippen LogP contribution is 2.36. The van der Waals surface area contributed by atoms with E-state index in [1.54, 1.807) is 0 Å². The summed E-state index contributed by atoms with van der Waals surface area (Å²) in [6.07, 6.45) is 6.14. The molecule has 1 saturated heterocycles. The first kappa shape index (κ1) is 11.3. The Morgan fingerprint density at radius 3 is 2.19 bits per heavy atom. The van der Waals surface area contributed by atoms with Crippen LogP contribution in [0.1, 0.15) is 26.2 Å². The van der Waals surface area contributed by atoms with Gasteiger partial charge in [0.2, 0.25) is 11.8 Å². The van der Waals surface area contributed by atoms with Crippen LogP contribution >= 0.6 is 0 Å². The maximum absolute atomic E-state index is 12.1. The Morgan fingerprint density at radius 1 is 1.31 bits per heavy atom. The van der Waals surface area contributed by atoms with Crippen molar-refractivity contribution >= 4 is 11.8 Å². The summed E-state index contributed by atoms with van der Waals surface area (Å²) in [6.45, 7) is 2.32. The van der Waals surface area contributed by atoms with Crippen LogP contribution in [0.2, 0.25) is 0 Å². The zero-order valence-electron chi connectivity index (χ0n) is 9.56. The highest BCUT2D eigenvalue weighted by atomic mass is 16.2. The lowest BCUT2D eigenvalue weighted by atomic mass is 9.85. The fourth-order valence-electron chi connectivity index (χ4n) is 2.64. The molecule has 0 aromatic heterocycles. The van der Waals surface area contributed by atoms with Gasteiger partial charge in [-0.1, -0.05) is 19.1 Å². The van der Waals surface area contributed by atoms with Crippen LogP contribution in [0.3, 0.4) is 0 Å².